The van der Waals surface area contributed by atoms with Crippen LogP contribution in [-0.4, -0.2) is 31.3 Å². The normalized spacial score (nSPS) is 15.7. The fourth-order valence-corrected chi connectivity index (χ4v) is 3.22. The highest BCUT2D eigenvalue weighted by molar-refractivity contribution is 5.91. The molecule has 1 saturated carbocycles. The lowest BCUT2D eigenvalue weighted by Gasteiger charge is -2.34. The SMILES string of the molecule is C.Cc1ccc2nc(NC(=O)CC3CC(F)(F)C3)n(-c3ccc(F)cn3)c2n1. The predicted octanol–water partition coefficient (Wildman–Crippen LogP) is 4.27. The van der Waals surface area contributed by atoms with Gasteiger partial charge in [-0.05, 0) is 37.1 Å². The molecule has 0 atom stereocenters. The number of imidazole rings is 1. The number of hydrogen-bond donors (Lipinski definition) is 1. The first-order valence-electron chi connectivity index (χ1n) is 8.46. The Kier molecular flexibility index (Phi) is 5.10. The molecular weight excluding hydrogens is 371 g/mol. The van der Waals surface area contributed by atoms with Gasteiger partial charge >= 0.3 is 0 Å². The van der Waals surface area contributed by atoms with Crippen molar-refractivity contribution in [2.45, 2.75) is 39.5 Å². The second-order valence-corrected chi connectivity index (χ2v) is 6.78. The van der Waals surface area contributed by atoms with Crippen LogP contribution < -0.4 is 5.32 Å². The Balaban J connectivity index is 0.00000225. The number of amides is 1. The van der Waals surface area contributed by atoms with E-state index in [1.54, 1.807) is 12.1 Å². The summed E-state index contributed by atoms with van der Waals surface area (Å²) in [6.45, 7) is 1.81. The van der Waals surface area contributed by atoms with E-state index in [0.717, 1.165) is 11.9 Å². The molecule has 1 N–H and O–H groups in total. The summed E-state index contributed by atoms with van der Waals surface area (Å²) < 4.78 is 40.7. The Morgan fingerprint density at radius 2 is 2.00 bits per heavy atom. The Labute approximate surface area is 159 Å². The third-order valence-electron chi connectivity index (χ3n) is 4.48. The molecule has 1 amide bonds. The third-order valence-corrected chi connectivity index (χ3v) is 4.48. The number of fused-ring (bicyclic) bond motifs is 1. The van der Waals surface area contributed by atoms with Crippen molar-refractivity contribution < 1.29 is 18.0 Å². The fourth-order valence-electron chi connectivity index (χ4n) is 3.22. The van der Waals surface area contributed by atoms with Crippen molar-refractivity contribution in [3.05, 3.63) is 42.0 Å². The van der Waals surface area contributed by atoms with Crippen molar-refractivity contribution in [2.75, 3.05) is 5.32 Å². The van der Waals surface area contributed by atoms with Crippen LogP contribution in [0.2, 0.25) is 0 Å². The summed E-state index contributed by atoms with van der Waals surface area (Å²) in [4.78, 5) is 25.1. The van der Waals surface area contributed by atoms with Gasteiger partial charge < -0.3 is 0 Å². The van der Waals surface area contributed by atoms with Crippen molar-refractivity contribution in [3.8, 4) is 5.82 Å². The van der Waals surface area contributed by atoms with Gasteiger partial charge in [-0.3, -0.25) is 10.1 Å². The second kappa shape index (κ2) is 7.21. The number of aryl methyl sites for hydroxylation is 1. The molecule has 1 aliphatic rings. The number of aromatic nitrogens is 4. The highest BCUT2D eigenvalue weighted by Crippen LogP contribution is 2.44. The van der Waals surface area contributed by atoms with Gasteiger partial charge in [0.15, 0.2) is 5.65 Å². The van der Waals surface area contributed by atoms with Crippen LogP contribution in [0.1, 0.15) is 32.4 Å². The van der Waals surface area contributed by atoms with Crippen LogP contribution in [0.3, 0.4) is 0 Å². The molecule has 0 radical (unpaired) electrons. The van der Waals surface area contributed by atoms with E-state index < -0.39 is 17.6 Å². The molecule has 3 aromatic rings. The highest BCUT2D eigenvalue weighted by Gasteiger charge is 2.45. The number of carbonyl (C=O) groups excluding carboxylic acids is 1. The monoisotopic (exact) mass is 391 g/mol. The average molecular weight is 391 g/mol. The molecule has 4 rings (SSSR count). The van der Waals surface area contributed by atoms with Crippen LogP contribution in [0.15, 0.2) is 30.5 Å². The first-order chi connectivity index (χ1) is 12.8. The standard InChI is InChI=1S/C18H16F3N5O.CH4/c1-10-2-4-13-16(23-10)26(14-5-3-12(19)9-22-14)17(24-13)25-15(27)6-11-7-18(20,21)8-11;/h2-5,9,11H,6-8H2,1H3,(H,24,25,27);1H4. The quantitative estimate of drug-likeness (QED) is 0.721. The minimum absolute atomic E-state index is 0. The van der Waals surface area contributed by atoms with Crippen molar-refractivity contribution in [1.82, 2.24) is 19.5 Å². The molecule has 148 valence electrons. The molecular formula is C19H20F3N5O. The summed E-state index contributed by atoms with van der Waals surface area (Å²) >= 11 is 0. The van der Waals surface area contributed by atoms with Gasteiger partial charge in [0.1, 0.15) is 17.2 Å². The first-order valence-corrected chi connectivity index (χ1v) is 8.46. The Morgan fingerprint density at radius 1 is 1.25 bits per heavy atom. The van der Waals surface area contributed by atoms with Crippen LogP contribution in [0.4, 0.5) is 19.1 Å². The summed E-state index contributed by atoms with van der Waals surface area (Å²) in [6.07, 6.45) is 0.481. The molecule has 3 heterocycles. The predicted molar refractivity (Wildman–Crippen MR) is 99.0 cm³/mol. The molecule has 1 aliphatic carbocycles. The Bertz CT molecular complexity index is 1010. The summed E-state index contributed by atoms with van der Waals surface area (Å²) in [5, 5.41) is 2.65. The van der Waals surface area contributed by atoms with E-state index >= 15 is 0 Å². The summed E-state index contributed by atoms with van der Waals surface area (Å²) in [5.41, 5.74) is 1.72. The van der Waals surface area contributed by atoms with E-state index in [2.05, 4.69) is 20.3 Å². The maximum Gasteiger partial charge on any atom is 0.248 e. The summed E-state index contributed by atoms with van der Waals surface area (Å²) in [7, 11) is 0. The fraction of sp³-hybridized carbons (Fsp3) is 0.368. The molecule has 6 nitrogen and oxygen atoms in total. The van der Waals surface area contributed by atoms with E-state index in [0.29, 0.717) is 17.0 Å². The number of nitrogens with one attached hydrogen (secondary N) is 1. The van der Waals surface area contributed by atoms with E-state index in [1.807, 2.05) is 6.92 Å². The zero-order valence-corrected chi connectivity index (χ0v) is 14.4. The van der Waals surface area contributed by atoms with E-state index in [9.17, 15) is 18.0 Å². The van der Waals surface area contributed by atoms with Gasteiger partial charge in [0.05, 0.1) is 6.20 Å². The zero-order valence-electron chi connectivity index (χ0n) is 14.4. The molecule has 0 unspecified atom stereocenters. The van der Waals surface area contributed by atoms with Gasteiger partial charge in [-0.2, -0.15) is 0 Å². The Hall–Kier alpha value is -2.97. The molecule has 0 saturated heterocycles. The minimum Gasteiger partial charge on any atom is -0.296 e. The van der Waals surface area contributed by atoms with E-state index in [4.69, 9.17) is 0 Å². The number of halogens is 3. The van der Waals surface area contributed by atoms with Crippen molar-refractivity contribution in [2.24, 2.45) is 5.92 Å². The molecule has 0 aromatic carbocycles. The topological polar surface area (TPSA) is 72.7 Å². The third kappa shape index (κ3) is 3.83. The molecule has 1 fully saturated rings. The average Bonchev–Trinajstić information content (AvgIpc) is 2.91. The lowest BCUT2D eigenvalue weighted by atomic mass is 9.79. The van der Waals surface area contributed by atoms with Gasteiger partial charge in [0.25, 0.3) is 0 Å². The van der Waals surface area contributed by atoms with Crippen LogP contribution >= 0.6 is 0 Å². The molecule has 28 heavy (non-hydrogen) atoms. The number of hydrogen-bond acceptors (Lipinski definition) is 4. The highest BCUT2D eigenvalue weighted by atomic mass is 19.3. The van der Waals surface area contributed by atoms with Gasteiger partial charge in [0.2, 0.25) is 17.8 Å². The number of rotatable bonds is 4. The number of alkyl halides is 2. The van der Waals surface area contributed by atoms with Crippen molar-refractivity contribution in [1.29, 1.82) is 0 Å². The number of anilines is 1. The van der Waals surface area contributed by atoms with Gasteiger partial charge in [-0.25, -0.2) is 32.7 Å². The first kappa shape index (κ1) is 19.8. The van der Waals surface area contributed by atoms with Gasteiger partial charge in [0, 0.05) is 25.0 Å². The maximum absolute atomic E-state index is 13.2. The molecule has 0 bridgehead atoms. The van der Waals surface area contributed by atoms with Crippen LogP contribution in [0.5, 0.6) is 0 Å². The van der Waals surface area contributed by atoms with E-state index in [-0.39, 0.29) is 38.6 Å². The van der Waals surface area contributed by atoms with Gasteiger partial charge in [-0.1, -0.05) is 7.43 Å². The number of nitrogens with zero attached hydrogens (tertiary/aromatic N) is 4. The van der Waals surface area contributed by atoms with Crippen molar-refractivity contribution >= 4 is 23.0 Å². The van der Waals surface area contributed by atoms with Crippen molar-refractivity contribution in [3.63, 3.8) is 0 Å². The molecule has 0 spiro atoms. The van der Waals surface area contributed by atoms with Crippen LogP contribution in [0.25, 0.3) is 17.0 Å². The Morgan fingerprint density at radius 3 is 2.64 bits per heavy atom. The summed E-state index contributed by atoms with van der Waals surface area (Å²) in [6, 6.07) is 6.22. The van der Waals surface area contributed by atoms with Crippen LogP contribution in [-0.2, 0) is 4.79 Å². The summed E-state index contributed by atoms with van der Waals surface area (Å²) in [5.74, 6) is -3.42. The van der Waals surface area contributed by atoms with Crippen LogP contribution in [0, 0.1) is 18.7 Å². The molecule has 0 aliphatic heterocycles. The smallest absolute Gasteiger partial charge is 0.248 e. The number of pyridine rings is 2. The molecule has 9 heteroatoms. The van der Waals surface area contributed by atoms with E-state index in [1.165, 1.54) is 16.7 Å². The number of carbonyl (C=O) groups is 1. The maximum atomic E-state index is 13.2. The lowest BCUT2D eigenvalue weighted by molar-refractivity contribution is -0.129. The van der Waals surface area contributed by atoms with Gasteiger partial charge in [-0.15, -0.1) is 0 Å². The lowest BCUT2D eigenvalue weighted by Crippen LogP contribution is -2.37. The largest absolute Gasteiger partial charge is 0.296 e. The minimum atomic E-state index is -2.67. The second-order valence-electron chi connectivity index (χ2n) is 6.78. The molecule has 3 aromatic heterocycles. The zero-order chi connectivity index (χ0) is 19.2.